The van der Waals surface area contributed by atoms with Crippen LogP contribution in [0.2, 0.25) is 10.0 Å². The lowest BCUT2D eigenvalue weighted by Crippen LogP contribution is -2.15. The molecule has 0 atom stereocenters. The molecule has 0 bridgehead atoms. The van der Waals surface area contributed by atoms with Crippen LogP contribution in [-0.2, 0) is 10.0 Å². The minimum absolute atomic E-state index is 0.0554. The van der Waals surface area contributed by atoms with Crippen molar-refractivity contribution in [3.63, 3.8) is 0 Å². The molecule has 0 unspecified atom stereocenters. The molecular formula is C12H9Cl2FN2O2S. The molecule has 0 saturated carbocycles. The minimum Gasteiger partial charge on any atom is -0.399 e. The van der Waals surface area contributed by atoms with E-state index in [2.05, 4.69) is 4.72 Å². The van der Waals surface area contributed by atoms with Crippen LogP contribution >= 0.6 is 23.2 Å². The second-order valence-corrected chi connectivity index (χ2v) is 6.36. The molecule has 0 heterocycles. The van der Waals surface area contributed by atoms with E-state index in [1.165, 1.54) is 30.3 Å². The summed E-state index contributed by atoms with van der Waals surface area (Å²) in [7, 11) is -4.07. The van der Waals surface area contributed by atoms with Crippen molar-refractivity contribution < 1.29 is 12.8 Å². The fraction of sp³-hybridized carbons (Fsp3) is 0. The summed E-state index contributed by atoms with van der Waals surface area (Å²) in [5.41, 5.74) is 5.48. The summed E-state index contributed by atoms with van der Waals surface area (Å²) in [4.78, 5) is -0.215. The summed E-state index contributed by atoms with van der Waals surface area (Å²) in [6.45, 7) is 0. The van der Waals surface area contributed by atoms with E-state index in [1.54, 1.807) is 0 Å². The van der Waals surface area contributed by atoms with Crippen molar-refractivity contribution >= 4 is 44.6 Å². The Morgan fingerprint density at radius 2 is 1.80 bits per heavy atom. The van der Waals surface area contributed by atoms with Gasteiger partial charge in [0.25, 0.3) is 10.0 Å². The van der Waals surface area contributed by atoms with Gasteiger partial charge in [0.15, 0.2) is 0 Å². The minimum atomic E-state index is -4.07. The molecule has 4 nitrogen and oxygen atoms in total. The predicted molar refractivity (Wildman–Crippen MR) is 78.1 cm³/mol. The van der Waals surface area contributed by atoms with Crippen molar-refractivity contribution in [1.82, 2.24) is 0 Å². The zero-order valence-corrected chi connectivity index (χ0v) is 12.2. The number of nitrogens with two attached hydrogens (primary N) is 1. The van der Waals surface area contributed by atoms with Crippen molar-refractivity contribution in [2.75, 3.05) is 10.5 Å². The topological polar surface area (TPSA) is 72.2 Å². The highest BCUT2D eigenvalue weighted by molar-refractivity contribution is 7.92. The first-order chi connectivity index (χ1) is 9.31. The molecule has 0 aromatic heterocycles. The van der Waals surface area contributed by atoms with Gasteiger partial charge in [0.05, 0.1) is 10.0 Å². The molecule has 0 fully saturated rings. The molecule has 0 radical (unpaired) electrons. The van der Waals surface area contributed by atoms with Crippen molar-refractivity contribution in [3.05, 3.63) is 52.3 Å². The first-order valence-corrected chi connectivity index (χ1v) is 7.57. The van der Waals surface area contributed by atoms with E-state index >= 15 is 0 Å². The molecule has 0 amide bonds. The summed E-state index contributed by atoms with van der Waals surface area (Å²) in [6, 6.07) is 7.73. The smallest absolute Gasteiger partial charge is 0.263 e. The molecule has 2 aromatic rings. The molecule has 2 rings (SSSR count). The SMILES string of the molecule is Nc1ccc(S(=O)(=O)Nc2c(F)cccc2Cl)c(Cl)c1. The lowest BCUT2D eigenvalue weighted by Gasteiger charge is -2.11. The fourth-order valence-corrected chi connectivity index (χ4v) is 3.43. The summed E-state index contributed by atoms with van der Waals surface area (Å²) in [5, 5.41) is -0.120. The number of halogens is 3. The monoisotopic (exact) mass is 334 g/mol. The average molecular weight is 335 g/mol. The zero-order valence-electron chi connectivity index (χ0n) is 9.90. The van der Waals surface area contributed by atoms with Gasteiger partial charge in [0.1, 0.15) is 16.4 Å². The second kappa shape index (κ2) is 5.47. The second-order valence-electron chi connectivity index (χ2n) is 3.89. The zero-order chi connectivity index (χ0) is 14.9. The van der Waals surface area contributed by atoms with Gasteiger partial charge in [-0.05, 0) is 30.3 Å². The number of rotatable bonds is 3. The molecule has 20 heavy (non-hydrogen) atoms. The Morgan fingerprint density at radius 3 is 2.40 bits per heavy atom. The number of para-hydroxylation sites is 1. The highest BCUT2D eigenvalue weighted by Gasteiger charge is 2.21. The lowest BCUT2D eigenvalue weighted by molar-refractivity contribution is 0.598. The van der Waals surface area contributed by atoms with E-state index in [4.69, 9.17) is 28.9 Å². The van der Waals surface area contributed by atoms with Gasteiger partial charge in [-0.1, -0.05) is 29.3 Å². The van der Waals surface area contributed by atoms with Crippen LogP contribution in [0, 0.1) is 5.82 Å². The number of nitrogen functional groups attached to an aromatic ring is 1. The number of benzene rings is 2. The van der Waals surface area contributed by atoms with E-state index in [0.717, 1.165) is 6.07 Å². The summed E-state index contributed by atoms with van der Waals surface area (Å²) in [5.74, 6) is -0.785. The van der Waals surface area contributed by atoms with Crippen LogP contribution < -0.4 is 10.5 Å². The number of sulfonamides is 1. The Balaban J connectivity index is 2.46. The Morgan fingerprint density at radius 1 is 1.10 bits per heavy atom. The first kappa shape index (κ1) is 14.9. The van der Waals surface area contributed by atoms with E-state index in [0.29, 0.717) is 5.69 Å². The van der Waals surface area contributed by atoms with Crippen LogP contribution in [0.1, 0.15) is 0 Å². The quantitative estimate of drug-likeness (QED) is 0.843. The molecule has 0 saturated heterocycles. The van der Waals surface area contributed by atoms with Crippen LogP contribution in [0.3, 0.4) is 0 Å². The first-order valence-electron chi connectivity index (χ1n) is 5.33. The number of hydrogen-bond donors (Lipinski definition) is 2. The van der Waals surface area contributed by atoms with Crippen LogP contribution in [-0.4, -0.2) is 8.42 Å². The Hall–Kier alpha value is -1.50. The highest BCUT2D eigenvalue weighted by Crippen LogP contribution is 2.30. The normalized spacial score (nSPS) is 11.3. The Kier molecular flexibility index (Phi) is 4.08. The van der Waals surface area contributed by atoms with Gasteiger partial charge in [0.2, 0.25) is 0 Å². The number of hydrogen-bond acceptors (Lipinski definition) is 3. The van der Waals surface area contributed by atoms with Crippen LogP contribution in [0.15, 0.2) is 41.3 Å². The van der Waals surface area contributed by atoms with Crippen LogP contribution in [0.4, 0.5) is 15.8 Å². The average Bonchev–Trinajstić information content (AvgIpc) is 2.33. The highest BCUT2D eigenvalue weighted by atomic mass is 35.5. The standard InChI is InChI=1S/C12H9Cl2FN2O2S/c13-8-2-1-3-10(15)12(8)17-20(18,19)11-5-4-7(16)6-9(11)14/h1-6,17H,16H2. The maximum Gasteiger partial charge on any atom is 0.263 e. The summed E-state index contributed by atoms with van der Waals surface area (Å²) < 4.78 is 40.0. The van der Waals surface area contributed by atoms with Crippen LogP contribution in [0.5, 0.6) is 0 Å². The Bertz CT molecular complexity index is 746. The summed E-state index contributed by atoms with van der Waals surface area (Å²) in [6.07, 6.45) is 0. The van der Waals surface area contributed by atoms with Gasteiger partial charge in [-0.3, -0.25) is 4.72 Å². The number of nitrogens with one attached hydrogen (secondary N) is 1. The molecule has 0 aliphatic carbocycles. The maximum absolute atomic E-state index is 13.6. The van der Waals surface area contributed by atoms with E-state index in [1.807, 2.05) is 0 Å². The lowest BCUT2D eigenvalue weighted by atomic mass is 10.3. The van der Waals surface area contributed by atoms with Crippen molar-refractivity contribution in [2.24, 2.45) is 0 Å². The van der Waals surface area contributed by atoms with E-state index in [-0.39, 0.29) is 20.6 Å². The predicted octanol–water partition coefficient (Wildman–Crippen LogP) is 3.52. The maximum atomic E-state index is 13.6. The molecule has 106 valence electrons. The van der Waals surface area contributed by atoms with Gasteiger partial charge in [-0.25, -0.2) is 12.8 Å². The third kappa shape index (κ3) is 2.98. The van der Waals surface area contributed by atoms with Gasteiger partial charge in [0, 0.05) is 5.69 Å². The van der Waals surface area contributed by atoms with Gasteiger partial charge in [-0.15, -0.1) is 0 Å². The molecule has 0 aliphatic rings. The molecular weight excluding hydrogens is 326 g/mol. The Labute approximate surface area is 125 Å². The molecule has 3 N–H and O–H groups in total. The third-order valence-electron chi connectivity index (χ3n) is 2.44. The largest absolute Gasteiger partial charge is 0.399 e. The van der Waals surface area contributed by atoms with Crippen LogP contribution in [0.25, 0.3) is 0 Å². The van der Waals surface area contributed by atoms with Crippen molar-refractivity contribution in [3.8, 4) is 0 Å². The van der Waals surface area contributed by atoms with Gasteiger partial charge >= 0.3 is 0 Å². The summed E-state index contributed by atoms with van der Waals surface area (Å²) >= 11 is 11.6. The van der Waals surface area contributed by atoms with E-state index in [9.17, 15) is 12.8 Å². The fourth-order valence-electron chi connectivity index (χ4n) is 1.52. The van der Waals surface area contributed by atoms with Crippen molar-refractivity contribution in [2.45, 2.75) is 4.90 Å². The number of anilines is 2. The molecule has 0 aliphatic heterocycles. The molecule has 8 heteroatoms. The molecule has 2 aromatic carbocycles. The third-order valence-corrected chi connectivity index (χ3v) is 4.59. The van der Waals surface area contributed by atoms with E-state index < -0.39 is 15.8 Å². The van der Waals surface area contributed by atoms with Gasteiger partial charge < -0.3 is 5.73 Å². The van der Waals surface area contributed by atoms with Crippen molar-refractivity contribution in [1.29, 1.82) is 0 Å². The molecule has 0 spiro atoms. The van der Waals surface area contributed by atoms with Gasteiger partial charge in [-0.2, -0.15) is 0 Å².